The zero-order valence-corrected chi connectivity index (χ0v) is 9.43. The number of carbonyl (C=O) groups excluding carboxylic acids is 1. The number of aromatic amines is 1. The maximum Gasteiger partial charge on any atom is 0.147 e. The molecule has 0 saturated heterocycles. The van der Waals surface area contributed by atoms with Crippen molar-refractivity contribution < 1.29 is 9.18 Å². The predicted molar refractivity (Wildman–Crippen MR) is 65.5 cm³/mol. The van der Waals surface area contributed by atoms with E-state index in [0.29, 0.717) is 11.2 Å². The maximum absolute atomic E-state index is 13.5. The average Bonchev–Trinajstić information content (AvgIpc) is 2.96. The summed E-state index contributed by atoms with van der Waals surface area (Å²) in [4.78, 5) is 17.6. The van der Waals surface area contributed by atoms with Crippen molar-refractivity contribution in [1.82, 2.24) is 14.5 Å². The van der Waals surface area contributed by atoms with Crippen molar-refractivity contribution in [3.8, 4) is 11.4 Å². The van der Waals surface area contributed by atoms with Crippen molar-refractivity contribution in [2.75, 3.05) is 0 Å². The summed E-state index contributed by atoms with van der Waals surface area (Å²) in [6.45, 7) is 0.265. The van der Waals surface area contributed by atoms with E-state index in [1.54, 1.807) is 23.2 Å². The van der Waals surface area contributed by atoms with Crippen LogP contribution < -0.4 is 0 Å². The van der Waals surface area contributed by atoms with Gasteiger partial charge < -0.3 is 14.3 Å². The van der Waals surface area contributed by atoms with Crippen molar-refractivity contribution in [3.63, 3.8) is 0 Å². The fourth-order valence-corrected chi connectivity index (χ4v) is 1.94. The smallest absolute Gasteiger partial charge is 0.147 e. The molecule has 4 nitrogen and oxygen atoms in total. The molecule has 5 heteroatoms. The second kappa shape index (κ2) is 4.10. The molecule has 0 aliphatic heterocycles. The van der Waals surface area contributed by atoms with Crippen LogP contribution in [0.25, 0.3) is 22.3 Å². The van der Waals surface area contributed by atoms with Crippen molar-refractivity contribution in [1.29, 1.82) is 0 Å². The Labute approximate surface area is 102 Å². The van der Waals surface area contributed by atoms with E-state index < -0.39 is 0 Å². The third kappa shape index (κ3) is 1.69. The highest BCUT2D eigenvalue weighted by molar-refractivity contribution is 5.85. The van der Waals surface area contributed by atoms with Crippen LogP contribution in [0.5, 0.6) is 0 Å². The highest BCUT2D eigenvalue weighted by Gasteiger charge is 2.08. The van der Waals surface area contributed by atoms with Crippen molar-refractivity contribution >= 4 is 17.2 Å². The molecule has 0 aliphatic carbocycles. The molecule has 0 spiro atoms. The van der Waals surface area contributed by atoms with E-state index in [0.717, 1.165) is 17.4 Å². The summed E-state index contributed by atoms with van der Waals surface area (Å²) < 4.78 is 15.2. The Bertz CT molecular complexity index is 714. The van der Waals surface area contributed by atoms with E-state index >= 15 is 0 Å². The fraction of sp³-hybridized carbons (Fsp3) is 0.0769. The van der Waals surface area contributed by atoms with Gasteiger partial charge in [0.1, 0.15) is 17.8 Å². The van der Waals surface area contributed by atoms with E-state index in [1.807, 2.05) is 12.1 Å². The van der Waals surface area contributed by atoms with Gasteiger partial charge in [-0.2, -0.15) is 0 Å². The van der Waals surface area contributed by atoms with E-state index in [2.05, 4.69) is 9.97 Å². The second-order valence-electron chi connectivity index (χ2n) is 4.01. The first-order chi connectivity index (χ1) is 8.78. The lowest BCUT2D eigenvalue weighted by molar-refractivity contribution is -0.108. The van der Waals surface area contributed by atoms with E-state index in [4.69, 9.17) is 0 Å². The molecule has 3 rings (SSSR count). The number of H-pyrrole nitrogens is 1. The van der Waals surface area contributed by atoms with Gasteiger partial charge in [0.25, 0.3) is 0 Å². The van der Waals surface area contributed by atoms with Gasteiger partial charge in [-0.3, -0.25) is 0 Å². The summed E-state index contributed by atoms with van der Waals surface area (Å²) in [7, 11) is 0. The first-order valence-electron chi connectivity index (χ1n) is 5.51. The lowest BCUT2D eigenvalue weighted by atomic mass is 10.2. The highest BCUT2D eigenvalue weighted by atomic mass is 19.1. The number of nitrogens with one attached hydrogen (secondary N) is 1. The van der Waals surface area contributed by atoms with E-state index in [1.165, 1.54) is 6.07 Å². The number of nitrogens with zero attached hydrogens (tertiary/aromatic N) is 2. The summed E-state index contributed by atoms with van der Waals surface area (Å²) in [5.74, 6) is -0.286. The quantitative estimate of drug-likeness (QED) is 0.718. The van der Waals surface area contributed by atoms with Crippen LogP contribution >= 0.6 is 0 Å². The minimum absolute atomic E-state index is 0.265. The Balaban J connectivity index is 2.07. The van der Waals surface area contributed by atoms with Crippen LogP contribution in [0, 0.1) is 5.82 Å². The number of aromatic nitrogens is 3. The van der Waals surface area contributed by atoms with Gasteiger partial charge in [0, 0.05) is 11.6 Å². The topological polar surface area (TPSA) is 50.7 Å². The van der Waals surface area contributed by atoms with Crippen molar-refractivity contribution in [2.24, 2.45) is 0 Å². The third-order valence-corrected chi connectivity index (χ3v) is 2.80. The molecule has 90 valence electrons. The molecule has 0 unspecified atom stereocenters. The largest absolute Gasteiger partial charge is 0.351 e. The molecule has 0 amide bonds. The predicted octanol–water partition coefficient (Wildman–Crippen LogP) is 2.37. The van der Waals surface area contributed by atoms with Gasteiger partial charge in [0.05, 0.1) is 24.1 Å². The second-order valence-corrected chi connectivity index (χ2v) is 4.01. The Kier molecular flexibility index (Phi) is 2.44. The number of fused-ring (bicyclic) bond motifs is 1. The lowest BCUT2D eigenvalue weighted by Gasteiger charge is -1.91. The monoisotopic (exact) mass is 243 g/mol. The molecule has 1 aromatic carbocycles. The van der Waals surface area contributed by atoms with Gasteiger partial charge in [-0.15, -0.1) is 0 Å². The number of para-hydroxylation sites is 1. The molecule has 0 fully saturated rings. The molecular formula is C13H10FN3O. The van der Waals surface area contributed by atoms with Crippen LogP contribution in [0.15, 0.2) is 36.8 Å². The minimum Gasteiger partial charge on any atom is -0.351 e. The molecule has 2 heterocycles. The summed E-state index contributed by atoms with van der Waals surface area (Å²) in [5, 5.41) is 0.801. The number of halogens is 1. The van der Waals surface area contributed by atoms with Gasteiger partial charge in [-0.05, 0) is 12.1 Å². The summed E-state index contributed by atoms with van der Waals surface area (Å²) in [5.41, 5.74) is 1.89. The molecule has 2 aromatic heterocycles. The highest BCUT2D eigenvalue weighted by Crippen LogP contribution is 2.24. The molecule has 0 atom stereocenters. The maximum atomic E-state index is 13.5. The van der Waals surface area contributed by atoms with Gasteiger partial charge in [0.15, 0.2) is 0 Å². The fourth-order valence-electron chi connectivity index (χ4n) is 1.94. The normalized spacial score (nSPS) is 10.9. The van der Waals surface area contributed by atoms with Crippen molar-refractivity contribution in [2.45, 2.75) is 6.54 Å². The molecule has 0 saturated carbocycles. The SMILES string of the molecule is O=CCn1cnc(-c2cc3cccc(F)c3[nH]2)c1. The standard InChI is InChI=1S/C13H10FN3O/c14-10-3-1-2-9-6-11(16-13(9)10)12-7-17(4-5-18)8-15-12/h1-3,5-8,16H,4H2. The first kappa shape index (κ1) is 10.7. The first-order valence-corrected chi connectivity index (χ1v) is 5.51. The number of aldehydes is 1. The summed E-state index contributed by atoms with van der Waals surface area (Å²) in [6, 6.07) is 6.75. The Morgan fingerprint density at radius 1 is 1.44 bits per heavy atom. The summed E-state index contributed by atoms with van der Waals surface area (Å²) in [6.07, 6.45) is 4.12. The Morgan fingerprint density at radius 2 is 2.33 bits per heavy atom. The van der Waals surface area contributed by atoms with Gasteiger partial charge in [0.2, 0.25) is 0 Å². The number of carbonyl (C=O) groups is 1. The number of benzene rings is 1. The molecule has 1 N–H and O–H groups in total. The van der Waals surface area contributed by atoms with Gasteiger partial charge in [-0.1, -0.05) is 12.1 Å². The van der Waals surface area contributed by atoms with Gasteiger partial charge >= 0.3 is 0 Å². The van der Waals surface area contributed by atoms with Crippen LogP contribution in [-0.2, 0) is 11.3 Å². The molecule has 0 aliphatic rings. The molecule has 0 radical (unpaired) electrons. The van der Waals surface area contributed by atoms with Crippen LogP contribution in [0.2, 0.25) is 0 Å². The lowest BCUT2D eigenvalue weighted by Crippen LogP contribution is -1.93. The zero-order valence-electron chi connectivity index (χ0n) is 9.43. The molecule has 18 heavy (non-hydrogen) atoms. The number of imidazole rings is 1. The third-order valence-electron chi connectivity index (χ3n) is 2.80. The molecule has 0 bridgehead atoms. The number of hydrogen-bond acceptors (Lipinski definition) is 2. The minimum atomic E-state index is -0.286. The summed E-state index contributed by atoms with van der Waals surface area (Å²) >= 11 is 0. The van der Waals surface area contributed by atoms with Crippen LogP contribution in [0.4, 0.5) is 4.39 Å². The van der Waals surface area contributed by atoms with Gasteiger partial charge in [-0.25, -0.2) is 9.37 Å². The molecule has 3 aromatic rings. The Morgan fingerprint density at radius 3 is 3.11 bits per heavy atom. The number of hydrogen-bond donors (Lipinski definition) is 1. The van der Waals surface area contributed by atoms with Crippen LogP contribution in [0.3, 0.4) is 0 Å². The molecular weight excluding hydrogens is 233 g/mol. The number of rotatable bonds is 3. The van der Waals surface area contributed by atoms with Crippen LogP contribution in [-0.4, -0.2) is 20.8 Å². The zero-order chi connectivity index (χ0) is 12.5. The van der Waals surface area contributed by atoms with E-state index in [-0.39, 0.29) is 12.4 Å². The average molecular weight is 243 g/mol. The Hall–Kier alpha value is -2.43. The van der Waals surface area contributed by atoms with E-state index in [9.17, 15) is 9.18 Å². The van der Waals surface area contributed by atoms with Crippen LogP contribution in [0.1, 0.15) is 0 Å². The van der Waals surface area contributed by atoms with Crippen molar-refractivity contribution in [3.05, 3.63) is 42.6 Å².